The predicted octanol–water partition coefficient (Wildman–Crippen LogP) is 2.87. The number of hydrogen-bond acceptors (Lipinski definition) is 5. The molecule has 0 saturated heterocycles. The lowest BCUT2D eigenvalue weighted by molar-refractivity contribution is 0.216. The third-order valence-electron chi connectivity index (χ3n) is 2.54. The molecule has 6 heteroatoms. The fourth-order valence-electron chi connectivity index (χ4n) is 1.62. The van der Waals surface area contributed by atoms with Gasteiger partial charge in [0.05, 0.1) is 5.49 Å². The Morgan fingerprint density at radius 2 is 2.45 bits per heavy atom. The molecule has 0 radical (unpaired) electrons. The van der Waals surface area contributed by atoms with Crippen LogP contribution in [0, 0.1) is 0 Å². The summed E-state index contributed by atoms with van der Waals surface area (Å²) in [6, 6.07) is 3.75. The standard InChI is InChI=1S/C14H14N4OS/c1-15-14-12(4-2-3-6-17-14)19-9-11-5-7-16-13(8-11)18-10-20/h3-8,10H,1-2,9H2,(H,16,18,20). The molecule has 2 rings (SSSR count). The van der Waals surface area contributed by atoms with Crippen molar-refractivity contribution in [2.45, 2.75) is 13.0 Å². The molecule has 1 aliphatic heterocycles. The Morgan fingerprint density at radius 1 is 1.55 bits per heavy atom. The molecule has 1 N–H and O–H groups in total. The van der Waals surface area contributed by atoms with Gasteiger partial charge in [0.2, 0.25) is 0 Å². The van der Waals surface area contributed by atoms with Crippen LogP contribution in [0.4, 0.5) is 5.82 Å². The second kappa shape index (κ2) is 7.30. The molecule has 0 aromatic carbocycles. The normalized spacial score (nSPS) is 13.8. The minimum atomic E-state index is 0.398. The van der Waals surface area contributed by atoms with Gasteiger partial charge in [0.25, 0.3) is 0 Å². The van der Waals surface area contributed by atoms with Crippen molar-refractivity contribution in [3.8, 4) is 0 Å². The Labute approximate surface area is 122 Å². The molecular weight excluding hydrogens is 272 g/mol. The van der Waals surface area contributed by atoms with Gasteiger partial charge in [0, 0.05) is 12.4 Å². The molecule has 0 bridgehead atoms. The highest BCUT2D eigenvalue weighted by Gasteiger charge is 2.08. The molecular formula is C14H14N4OS. The van der Waals surface area contributed by atoms with Crippen molar-refractivity contribution in [1.29, 1.82) is 0 Å². The number of amidine groups is 1. The quantitative estimate of drug-likeness (QED) is 0.668. The van der Waals surface area contributed by atoms with E-state index in [0.29, 0.717) is 24.0 Å². The number of thiocarbonyl (C=S) groups is 1. The zero-order chi connectivity index (χ0) is 14.2. The molecule has 0 aliphatic carbocycles. The topological polar surface area (TPSA) is 58.9 Å². The van der Waals surface area contributed by atoms with Crippen LogP contribution in [-0.4, -0.2) is 23.0 Å². The smallest absolute Gasteiger partial charge is 0.194 e. The zero-order valence-electron chi connectivity index (χ0n) is 10.8. The van der Waals surface area contributed by atoms with Crippen molar-refractivity contribution in [3.63, 3.8) is 0 Å². The Balaban J connectivity index is 2.04. The summed E-state index contributed by atoms with van der Waals surface area (Å²) in [6.07, 6.45) is 8.00. The summed E-state index contributed by atoms with van der Waals surface area (Å²) in [5.74, 6) is 1.81. The molecule has 0 spiro atoms. The van der Waals surface area contributed by atoms with Gasteiger partial charge in [-0.3, -0.25) is 0 Å². The van der Waals surface area contributed by atoms with Gasteiger partial charge in [-0.1, -0.05) is 18.3 Å². The van der Waals surface area contributed by atoms with Crippen molar-refractivity contribution in [2.24, 2.45) is 9.98 Å². The highest BCUT2D eigenvalue weighted by Crippen LogP contribution is 2.13. The Kier molecular flexibility index (Phi) is 5.14. The summed E-state index contributed by atoms with van der Waals surface area (Å²) in [5.41, 5.74) is 2.39. The highest BCUT2D eigenvalue weighted by molar-refractivity contribution is 7.79. The maximum absolute atomic E-state index is 5.75. The molecule has 1 aromatic rings. The third kappa shape index (κ3) is 3.83. The SMILES string of the molecule is C=NC1=NC=CCC=C1OCc1ccnc(NC=S)c1. The van der Waals surface area contributed by atoms with Crippen LogP contribution >= 0.6 is 12.2 Å². The van der Waals surface area contributed by atoms with E-state index in [1.54, 1.807) is 12.4 Å². The largest absolute Gasteiger partial charge is 0.485 e. The van der Waals surface area contributed by atoms with Gasteiger partial charge < -0.3 is 10.1 Å². The number of anilines is 1. The van der Waals surface area contributed by atoms with Crippen molar-refractivity contribution in [1.82, 2.24) is 4.98 Å². The van der Waals surface area contributed by atoms with Crippen molar-refractivity contribution >= 4 is 36.1 Å². The first kappa shape index (κ1) is 14.1. The fourth-order valence-corrected chi connectivity index (χ4v) is 1.74. The van der Waals surface area contributed by atoms with Gasteiger partial charge in [0.1, 0.15) is 12.4 Å². The lowest BCUT2D eigenvalue weighted by Gasteiger charge is -2.09. The summed E-state index contributed by atoms with van der Waals surface area (Å²) in [4.78, 5) is 12.1. The van der Waals surface area contributed by atoms with Crippen molar-refractivity contribution in [2.75, 3.05) is 5.32 Å². The van der Waals surface area contributed by atoms with E-state index >= 15 is 0 Å². The summed E-state index contributed by atoms with van der Waals surface area (Å²) < 4.78 is 5.75. The zero-order valence-corrected chi connectivity index (χ0v) is 11.6. The van der Waals surface area contributed by atoms with E-state index in [4.69, 9.17) is 17.0 Å². The summed E-state index contributed by atoms with van der Waals surface area (Å²) >= 11 is 4.73. The number of rotatable bonds is 5. The molecule has 1 aromatic heterocycles. The minimum Gasteiger partial charge on any atom is -0.485 e. The first-order valence-corrected chi connectivity index (χ1v) is 6.48. The Morgan fingerprint density at radius 3 is 3.25 bits per heavy atom. The number of hydrogen-bond donors (Lipinski definition) is 1. The number of aromatic nitrogens is 1. The first-order chi connectivity index (χ1) is 9.83. The number of ether oxygens (including phenoxy) is 1. The number of aliphatic imine (C=N–C) groups is 2. The molecule has 0 atom stereocenters. The molecule has 2 heterocycles. The molecule has 20 heavy (non-hydrogen) atoms. The van der Waals surface area contributed by atoms with Crippen LogP contribution in [0.15, 0.2) is 52.4 Å². The van der Waals surface area contributed by atoms with Gasteiger partial charge in [-0.2, -0.15) is 0 Å². The van der Waals surface area contributed by atoms with Crippen LogP contribution < -0.4 is 5.32 Å². The van der Waals surface area contributed by atoms with Gasteiger partial charge in [0.15, 0.2) is 11.6 Å². The number of nitrogens with zero attached hydrogens (tertiary/aromatic N) is 3. The molecule has 102 valence electrons. The summed E-state index contributed by atoms with van der Waals surface area (Å²) in [5, 5.41) is 2.86. The Bertz CT molecular complexity index is 593. The second-order valence-corrected chi connectivity index (χ2v) is 4.14. The maximum atomic E-state index is 5.75. The Hall–Kier alpha value is -2.34. The van der Waals surface area contributed by atoms with E-state index < -0.39 is 0 Å². The maximum Gasteiger partial charge on any atom is 0.194 e. The summed E-state index contributed by atoms with van der Waals surface area (Å²) in [7, 11) is 0. The minimum absolute atomic E-state index is 0.398. The second-order valence-electron chi connectivity index (χ2n) is 3.90. The number of allylic oxidation sites excluding steroid dienone is 2. The monoisotopic (exact) mass is 286 g/mol. The molecule has 0 unspecified atom stereocenters. The molecule has 0 saturated carbocycles. The van der Waals surface area contributed by atoms with E-state index in [-0.39, 0.29) is 0 Å². The summed E-state index contributed by atoms with van der Waals surface area (Å²) in [6.45, 7) is 3.90. The van der Waals surface area contributed by atoms with Crippen LogP contribution in [-0.2, 0) is 11.3 Å². The van der Waals surface area contributed by atoms with E-state index in [9.17, 15) is 0 Å². The van der Waals surface area contributed by atoms with Crippen molar-refractivity contribution in [3.05, 3.63) is 48.0 Å². The molecule has 1 aliphatic rings. The van der Waals surface area contributed by atoms with Gasteiger partial charge in [-0.15, -0.1) is 0 Å². The van der Waals surface area contributed by atoms with Crippen LogP contribution in [0.5, 0.6) is 0 Å². The van der Waals surface area contributed by atoms with Crippen molar-refractivity contribution < 1.29 is 4.74 Å². The van der Waals surface area contributed by atoms with Crippen LogP contribution in [0.1, 0.15) is 12.0 Å². The van der Waals surface area contributed by atoms with Gasteiger partial charge in [-0.05, 0) is 36.9 Å². The number of nitrogens with one attached hydrogen (secondary N) is 1. The third-order valence-corrected chi connectivity index (χ3v) is 2.66. The molecule has 0 fully saturated rings. The number of pyridine rings is 1. The van der Waals surface area contributed by atoms with Gasteiger partial charge in [-0.25, -0.2) is 15.0 Å². The van der Waals surface area contributed by atoms with E-state index in [2.05, 4.69) is 27.0 Å². The van der Waals surface area contributed by atoms with Gasteiger partial charge >= 0.3 is 0 Å². The lowest BCUT2D eigenvalue weighted by Crippen LogP contribution is -2.04. The van der Waals surface area contributed by atoms with Crippen LogP contribution in [0.25, 0.3) is 0 Å². The van der Waals surface area contributed by atoms with Crippen LogP contribution in [0.3, 0.4) is 0 Å². The predicted molar refractivity (Wildman–Crippen MR) is 85.1 cm³/mol. The fraction of sp³-hybridized carbons (Fsp3) is 0.143. The first-order valence-electron chi connectivity index (χ1n) is 6.01. The van der Waals surface area contributed by atoms with Crippen LogP contribution in [0.2, 0.25) is 0 Å². The average molecular weight is 286 g/mol. The average Bonchev–Trinajstić information content (AvgIpc) is 2.70. The highest BCUT2D eigenvalue weighted by atomic mass is 32.1. The van der Waals surface area contributed by atoms with E-state index in [1.807, 2.05) is 24.3 Å². The van der Waals surface area contributed by atoms with E-state index in [1.165, 1.54) is 5.49 Å². The molecule has 5 nitrogen and oxygen atoms in total. The molecule has 0 amide bonds. The lowest BCUT2D eigenvalue weighted by atomic mass is 10.2. The van der Waals surface area contributed by atoms with E-state index in [0.717, 1.165) is 12.0 Å².